The first-order chi connectivity index (χ1) is 49.9. The average Bonchev–Trinajstić information content (AvgIpc) is 1.77. The third kappa shape index (κ3) is 19.2. The van der Waals surface area contributed by atoms with Gasteiger partial charge >= 0.3 is 0 Å². The molecule has 4 fully saturated rings. The molecule has 22 nitrogen and oxygen atoms in total. The summed E-state index contributed by atoms with van der Waals surface area (Å²) >= 11 is 7.89. The molecule has 3 aliphatic heterocycles. The number of hydrogen-bond acceptors (Lipinski definition) is 18. The van der Waals surface area contributed by atoms with Gasteiger partial charge < -0.3 is 45.5 Å². The van der Waals surface area contributed by atoms with Gasteiger partial charge in [-0.15, -0.1) is 11.3 Å². The number of pyridine rings is 1. The Morgan fingerprint density at radius 2 is 1.58 bits per heavy atom. The number of hydrogen-bond donors (Lipinski definition) is 6. The summed E-state index contributed by atoms with van der Waals surface area (Å²) in [5, 5.41) is 34.7. The fourth-order valence-corrected chi connectivity index (χ4v) is 17.6. The Morgan fingerprint density at radius 3 is 2.30 bits per heavy atom. The molecule has 0 spiro atoms. The lowest BCUT2D eigenvalue weighted by molar-refractivity contribution is -0.384. The molecule has 3 amide bonds. The number of aromatic nitrogens is 3. The summed E-state index contributed by atoms with van der Waals surface area (Å²) in [5.41, 5.74) is 9.97. The number of piperazine rings is 2. The van der Waals surface area contributed by atoms with Crippen molar-refractivity contribution in [2.75, 3.05) is 95.3 Å². The van der Waals surface area contributed by atoms with Gasteiger partial charge in [-0.1, -0.05) is 107 Å². The highest BCUT2D eigenvalue weighted by Crippen LogP contribution is 2.44. The van der Waals surface area contributed by atoms with E-state index in [4.69, 9.17) is 16.3 Å². The van der Waals surface area contributed by atoms with Gasteiger partial charge in [0.15, 0.2) is 0 Å². The number of fused-ring (bicyclic) bond motifs is 1. The maximum absolute atomic E-state index is 14.3. The van der Waals surface area contributed by atoms with Gasteiger partial charge in [-0.05, 0) is 165 Å². The van der Waals surface area contributed by atoms with Gasteiger partial charge in [-0.2, -0.15) is 0 Å². The van der Waals surface area contributed by atoms with Crippen molar-refractivity contribution in [1.29, 1.82) is 0 Å². The lowest BCUT2D eigenvalue weighted by atomic mass is 9.72. The third-order valence-electron chi connectivity index (χ3n) is 21.8. The van der Waals surface area contributed by atoms with E-state index in [2.05, 4.69) is 81.2 Å². The zero-order valence-corrected chi connectivity index (χ0v) is 63.3. The van der Waals surface area contributed by atoms with E-state index in [1.807, 2.05) is 75.7 Å². The zero-order valence-electron chi connectivity index (χ0n) is 60.9. The van der Waals surface area contributed by atoms with Crippen molar-refractivity contribution in [3.63, 3.8) is 0 Å². The van der Waals surface area contributed by atoms with E-state index in [1.54, 1.807) is 46.7 Å². The minimum Gasteiger partial charge on any atom is -0.455 e. The Morgan fingerprint density at radius 1 is 0.856 bits per heavy atom. The number of thiazole rings is 1. The summed E-state index contributed by atoms with van der Waals surface area (Å²) in [7, 11) is -4.62. The van der Waals surface area contributed by atoms with Crippen LogP contribution in [0.3, 0.4) is 0 Å². The number of nitrogens with one attached hydrogen (secondary N) is 5. The van der Waals surface area contributed by atoms with Crippen LogP contribution in [0.15, 0.2) is 125 Å². The summed E-state index contributed by atoms with van der Waals surface area (Å²) in [5.74, 6) is -0.617. The Kier molecular flexibility index (Phi) is 24.6. The van der Waals surface area contributed by atoms with Gasteiger partial charge in [-0.3, -0.25) is 34.3 Å². The lowest BCUT2D eigenvalue weighted by Crippen LogP contribution is -2.56. The number of unbranched alkanes of at least 4 members (excludes halogenated alkanes) is 4. The first kappa shape index (κ1) is 75.9. The molecular formula is C79H102ClN13O9S2. The number of carbonyl (C=O) groups is 3. The second-order valence-corrected chi connectivity index (χ2v) is 33.9. The van der Waals surface area contributed by atoms with Crippen molar-refractivity contribution in [1.82, 2.24) is 49.9 Å². The molecule has 0 bridgehead atoms. The number of anilines is 2. The third-order valence-corrected chi connectivity index (χ3v) is 24.3. The van der Waals surface area contributed by atoms with Crippen LogP contribution in [0.5, 0.6) is 11.5 Å². The van der Waals surface area contributed by atoms with Crippen LogP contribution in [0.2, 0.25) is 5.02 Å². The SMILES string of the molecule is Cc1ncsc1-c1ccc(CNC(=O)[C@@H]2C[C@@H](O)CN2C(=O)[C@@H](NCCCCCCCN2CCN(C3CCC(CNc4ccc(S(=O)(=O)NC(=O)c5ccc(N6CCN(CC7=C(c8ccc(Cl)cc8)CC(C)(C)CC7)CC6)cc5Oc5cnc6[nH]ccc6c5)cc4[N+](=O)[O-])CC3)CC2)C(C)(C)C)cc1. The largest absolute Gasteiger partial charge is 0.455 e. The summed E-state index contributed by atoms with van der Waals surface area (Å²) in [6.07, 6.45) is 15.3. The Hall–Kier alpha value is -7.81. The first-order valence-corrected chi connectivity index (χ1v) is 39.9. The van der Waals surface area contributed by atoms with Gasteiger partial charge in [0.2, 0.25) is 11.8 Å². The number of halogens is 1. The number of carbonyl (C=O) groups excluding carboxylic acids is 3. The number of aliphatic hydroxyl groups is 1. The number of nitro benzene ring substituents is 1. The van der Waals surface area contributed by atoms with Crippen LogP contribution in [-0.2, 0) is 26.2 Å². The van der Waals surface area contributed by atoms with E-state index in [0.29, 0.717) is 50.2 Å². The lowest BCUT2D eigenvalue weighted by Gasteiger charge is -2.42. The molecule has 4 aromatic carbocycles. The van der Waals surface area contributed by atoms with Gasteiger partial charge in [0.25, 0.3) is 21.6 Å². The number of ether oxygens (including phenoxy) is 1. The monoisotopic (exact) mass is 1480 g/mol. The highest BCUT2D eigenvalue weighted by molar-refractivity contribution is 7.90. The highest BCUT2D eigenvalue weighted by atomic mass is 35.5. The predicted octanol–water partition coefficient (Wildman–Crippen LogP) is 13.1. The number of allylic oxidation sites excluding steroid dienone is 1. The molecule has 3 atom stereocenters. The summed E-state index contributed by atoms with van der Waals surface area (Å²) in [6, 6.07) is 27.9. The molecule has 25 heteroatoms. The van der Waals surface area contributed by atoms with Crippen molar-refractivity contribution in [3.05, 3.63) is 158 Å². The minimum atomic E-state index is -4.62. The summed E-state index contributed by atoms with van der Waals surface area (Å²) in [6.45, 7) is 23.5. The topological polar surface area (TPSA) is 264 Å². The fraction of sp³-hybridized carbons (Fsp3) is 0.506. The van der Waals surface area contributed by atoms with Crippen LogP contribution in [0, 0.1) is 33.8 Å². The van der Waals surface area contributed by atoms with E-state index in [9.17, 15) is 38.0 Å². The summed E-state index contributed by atoms with van der Waals surface area (Å²) in [4.78, 5) is 78.1. The predicted molar refractivity (Wildman–Crippen MR) is 412 cm³/mol. The van der Waals surface area contributed by atoms with Crippen LogP contribution >= 0.6 is 22.9 Å². The van der Waals surface area contributed by atoms with Gasteiger partial charge in [0.1, 0.15) is 28.9 Å². The molecule has 104 heavy (non-hydrogen) atoms. The van der Waals surface area contributed by atoms with Crippen LogP contribution in [-0.4, -0.2) is 180 Å². The number of aliphatic hydroxyl groups excluding tert-OH is 1. The highest BCUT2D eigenvalue weighted by Gasteiger charge is 2.44. The number of aromatic amines is 1. The number of sulfonamides is 1. The molecule has 2 aliphatic carbocycles. The number of H-pyrrole nitrogens is 1. The number of likely N-dealkylation sites (tertiary alicyclic amines) is 1. The molecule has 0 unspecified atom stereocenters. The van der Waals surface area contributed by atoms with Crippen molar-refractivity contribution < 1.29 is 37.6 Å². The van der Waals surface area contributed by atoms with Crippen molar-refractivity contribution in [2.24, 2.45) is 16.7 Å². The van der Waals surface area contributed by atoms with Crippen LogP contribution in [0.25, 0.3) is 27.0 Å². The van der Waals surface area contributed by atoms with Crippen molar-refractivity contribution in [2.45, 2.75) is 161 Å². The molecule has 1 saturated carbocycles. The normalized spacial score (nSPS) is 20.4. The number of aryl methyl sites for hydroxylation is 1. The maximum atomic E-state index is 14.3. The molecular weight excluding hydrogens is 1370 g/mol. The van der Waals surface area contributed by atoms with E-state index in [1.165, 1.54) is 35.0 Å². The van der Waals surface area contributed by atoms with E-state index in [-0.39, 0.29) is 53.1 Å². The number of benzene rings is 4. The molecule has 5 aliphatic rings. The number of amides is 3. The smallest absolute Gasteiger partial charge is 0.293 e. The average molecular weight is 1480 g/mol. The van der Waals surface area contributed by atoms with Crippen molar-refractivity contribution in [3.8, 4) is 21.9 Å². The Balaban J connectivity index is 0.563. The minimum absolute atomic E-state index is 0.0420. The van der Waals surface area contributed by atoms with E-state index in [0.717, 1.165) is 173 Å². The van der Waals surface area contributed by atoms with Crippen LogP contribution in [0.4, 0.5) is 17.1 Å². The quantitative estimate of drug-likeness (QED) is 0.0151. The van der Waals surface area contributed by atoms with Gasteiger partial charge in [-0.25, -0.2) is 23.1 Å². The van der Waals surface area contributed by atoms with Crippen molar-refractivity contribution >= 4 is 84.4 Å². The molecule has 3 saturated heterocycles. The summed E-state index contributed by atoms with van der Waals surface area (Å²) < 4.78 is 36.8. The fourth-order valence-electron chi connectivity index (χ4n) is 15.6. The van der Waals surface area contributed by atoms with Gasteiger partial charge in [0, 0.05) is 125 Å². The molecule has 3 aromatic heterocycles. The maximum Gasteiger partial charge on any atom is 0.293 e. The standard InChI is InChI=1S/C79H102ClN13O9S2/c1-53-72(103-52-86-53)57-16-12-54(13-17-57)48-85-76(96)70-44-63(94)51-92(70)77(97)73(78(2,3)4)81-31-10-8-7-9-11-33-88-34-38-90(39-35-88)61-22-14-55(15-23-61)47-83-68-27-25-65(45-69(68)93(98)99)104(100,101)87-75(95)66-26-24-62(43-71(66)102-64-42-58-29-32-82-74(58)84-49-64)91-40-36-89(37-41-91)50-59-28-30-79(5,6)46-67(59)56-18-20-60(80)21-19-56/h12-13,16-21,24-27,29,32,42-43,45,49,52,55,61,63,70,73,81,83,94H,7-11,14-15,22-23,28,30-31,33-41,44,46-48,50-51H2,1-6H3,(H,82,84)(H,85,96)(H,87,95)/t55?,61?,63-,70+,73-/m1/s1. The van der Waals surface area contributed by atoms with Gasteiger partial charge in [0.05, 0.1) is 49.8 Å². The van der Waals surface area contributed by atoms with Crippen LogP contribution < -0.4 is 30.3 Å². The van der Waals surface area contributed by atoms with E-state index >= 15 is 0 Å². The molecule has 7 aromatic rings. The number of β-amino-alcohol motifs (C(OH)–C–C–N with tert-alkyl or cyclic N) is 1. The van der Waals surface area contributed by atoms with Crippen LogP contribution in [0.1, 0.15) is 145 Å². The second kappa shape index (κ2) is 33.7. The number of nitro groups is 1. The Labute approximate surface area is 620 Å². The Bertz CT molecular complexity index is 4290. The number of rotatable bonds is 28. The van der Waals surface area contributed by atoms with E-state index < -0.39 is 55.0 Å². The molecule has 6 N–H and O–H groups in total. The molecule has 12 rings (SSSR count). The zero-order chi connectivity index (χ0) is 73.3. The molecule has 0 radical (unpaired) electrons. The first-order valence-electron chi connectivity index (χ1n) is 37.1. The molecule has 556 valence electrons. The second-order valence-electron chi connectivity index (χ2n) is 31.0. The number of nitrogens with zero attached hydrogens (tertiary/aromatic N) is 8. The molecule has 6 heterocycles.